The zero-order chi connectivity index (χ0) is 17.4. The van der Waals surface area contributed by atoms with Gasteiger partial charge in [0.2, 0.25) is 5.91 Å². The van der Waals surface area contributed by atoms with Crippen LogP contribution in [0.1, 0.15) is 24.8 Å². The van der Waals surface area contributed by atoms with Gasteiger partial charge in [0.25, 0.3) is 6.43 Å². The Kier molecular flexibility index (Phi) is 3.95. The lowest BCUT2D eigenvalue weighted by Crippen LogP contribution is -2.29. The predicted molar refractivity (Wildman–Crippen MR) is 91.3 cm³/mol. The average molecular weight is 341 g/mol. The first-order chi connectivity index (χ1) is 12.1. The SMILES string of the molecule is O=C(Cn1ccc2ncc(-c3cccc(C(F)F)c3)cc21)NC1CC1. The minimum atomic E-state index is -2.51. The summed E-state index contributed by atoms with van der Waals surface area (Å²) in [7, 11) is 0. The number of carbonyl (C=O) groups excluding carboxylic acids is 1. The summed E-state index contributed by atoms with van der Waals surface area (Å²) in [5.74, 6) is -0.0231. The van der Waals surface area contributed by atoms with Gasteiger partial charge >= 0.3 is 0 Å². The second kappa shape index (κ2) is 6.27. The Morgan fingerprint density at radius 1 is 1.24 bits per heavy atom. The number of aromatic nitrogens is 2. The van der Waals surface area contributed by atoms with Crippen LogP contribution in [0.15, 0.2) is 48.8 Å². The third-order valence-corrected chi connectivity index (χ3v) is 4.35. The van der Waals surface area contributed by atoms with Gasteiger partial charge in [-0.15, -0.1) is 0 Å². The monoisotopic (exact) mass is 341 g/mol. The van der Waals surface area contributed by atoms with E-state index < -0.39 is 6.43 Å². The summed E-state index contributed by atoms with van der Waals surface area (Å²) in [6.45, 7) is 0.224. The molecule has 1 aromatic carbocycles. The van der Waals surface area contributed by atoms with Gasteiger partial charge in [-0.1, -0.05) is 18.2 Å². The highest BCUT2D eigenvalue weighted by Crippen LogP contribution is 2.27. The molecule has 0 radical (unpaired) electrons. The Hall–Kier alpha value is -2.76. The summed E-state index contributed by atoms with van der Waals surface area (Å²) < 4.78 is 27.7. The van der Waals surface area contributed by atoms with E-state index in [0.29, 0.717) is 11.6 Å². The Bertz CT molecular complexity index is 931. The summed E-state index contributed by atoms with van der Waals surface area (Å²) in [5, 5.41) is 2.96. The van der Waals surface area contributed by atoms with Crippen LogP contribution in [0.3, 0.4) is 0 Å². The molecule has 0 saturated heterocycles. The van der Waals surface area contributed by atoms with Crippen molar-refractivity contribution in [2.45, 2.75) is 31.9 Å². The third kappa shape index (κ3) is 3.38. The molecule has 1 aliphatic carbocycles. The number of carbonyl (C=O) groups is 1. The number of alkyl halides is 2. The molecule has 0 spiro atoms. The van der Waals surface area contributed by atoms with Crippen LogP contribution in [0.25, 0.3) is 22.2 Å². The summed E-state index contributed by atoms with van der Waals surface area (Å²) in [5.41, 5.74) is 3.00. The Morgan fingerprint density at radius 3 is 2.84 bits per heavy atom. The van der Waals surface area contributed by atoms with Crippen LogP contribution in [-0.2, 0) is 11.3 Å². The molecular formula is C19H17F2N3O. The first-order valence-corrected chi connectivity index (χ1v) is 8.23. The summed E-state index contributed by atoms with van der Waals surface area (Å²) in [6.07, 6.45) is 3.08. The van der Waals surface area contributed by atoms with Gasteiger partial charge in [0.1, 0.15) is 6.54 Å². The molecule has 1 amide bonds. The lowest BCUT2D eigenvalue weighted by Gasteiger charge is -2.08. The highest BCUT2D eigenvalue weighted by molar-refractivity contribution is 5.84. The molecule has 4 rings (SSSR count). The lowest BCUT2D eigenvalue weighted by atomic mass is 10.0. The van der Waals surface area contributed by atoms with Gasteiger partial charge in [-0.25, -0.2) is 8.78 Å². The van der Waals surface area contributed by atoms with Crippen molar-refractivity contribution >= 4 is 16.9 Å². The number of pyridine rings is 1. The van der Waals surface area contributed by atoms with Gasteiger partial charge < -0.3 is 9.88 Å². The second-order valence-corrected chi connectivity index (χ2v) is 6.34. The maximum Gasteiger partial charge on any atom is 0.263 e. The standard InChI is InChI=1S/C19H17F2N3O/c20-19(21)13-3-1-2-12(8-13)14-9-17-16(22-10-14)6-7-24(17)11-18(25)23-15-4-5-15/h1-3,6-10,15,19H,4-5,11H2,(H,23,25). The largest absolute Gasteiger partial charge is 0.352 e. The van der Waals surface area contributed by atoms with Gasteiger partial charge in [-0.3, -0.25) is 9.78 Å². The van der Waals surface area contributed by atoms with Crippen LogP contribution in [0.4, 0.5) is 8.78 Å². The minimum absolute atomic E-state index is 0.0169. The van der Waals surface area contributed by atoms with E-state index in [1.54, 1.807) is 18.3 Å². The molecule has 0 unspecified atom stereocenters. The van der Waals surface area contributed by atoms with E-state index in [-0.39, 0.29) is 18.0 Å². The fraction of sp³-hybridized carbons (Fsp3) is 0.263. The quantitative estimate of drug-likeness (QED) is 0.765. The lowest BCUT2D eigenvalue weighted by molar-refractivity contribution is -0.121. The molecular weight excluding hydrogens is 324 g/mol. The van der Waals surface area contributed by atoms with Gasteiger partial charge in [-0.05, 0) is 36.6 Å². The summed E-state index contributed by atoms with van der Waals surface area (Å²) in [4.78, 5) is 16.4. The topological polar surface area (TPSA) is 46.9 Å². The third-order valence-electron chi connectivity index (χ3n) is 4.35. The molecule has 6 heteroatoms. The molecule has 25 heavy (non-hydrogen) atoms. The Labute approximate surface area is 143 Å². The van der Waals surface area contributed by atoms with Crippen LogP contribution in [-0.4, -0.2) is 21.5 Å². The van der Waals surface area contributed by atoms with Crippen molar-refractivity contribution in [3.63, 3.8) is 0 Å². The number of fused-ring (bicyclic) bond motifs is 1. The van der Waals surface area contributed by atoms with Gasteiger partial charge in [0.05, 0.1) is 11.0 Å². The van der Waals surface area contributed by atoms with Crippen LogP contribution in [0.5, 0.6) is 0 Å². The van der Waals surface area contributed by atoms with Crippen LogP contribution in [0.2, 0.25) is 0 Å². The van der Waals surface area contributed by atoms with E-state index in [4.69, 9.17) is 0 Å². The number of benzene rings is 1. The molecule has 4 nitrogen and oxygen atoms in total. The zero-order valence-electron chi connectivity index (χ0n) is 13.5. The van der Waals surface area contributed by atoms with E-state index in [9.17, 15) is 13.6 Å². The summed E-state index contributed by atoms with van der Waals surface area (Å²) >= 11 is 0. The van der Waals surface area contributed by atoms with Crippen molar-refractivity contribution in [2.75, 3.05) is 0 Å². The molecule has 2 aromatic heterocycles. The number of nitrogens with zero attached hydrogens (tertiary/aromatic N) is 2. The first kappa shape index (κ1) is 15.7. The van der Waals surface area contributed by atoms with E-state index in [2.05, 4.69) is 10.3 Å². The Balaban J connectivity index is 1.65. The van der Waals surface area contributed by atoms with E-state index in [0.717, 1.165) is 29.4 Å². The molecule has 2 heterocycles. The normalized spacial score (nSPS) is 14.2. The number of rotatable bonds is 5. The number of halogens is 2. The van der Waals surface area contributed by atoms with Crippen molar-refractivity contribution in [1.29, 1.82) is 0 Å². The van der Waals surface area contributed by atoms with E-state index >= 15 is 0 Å². The number of hydrogen-bond acceptors (Lipinski definition) is 2. The smallest absolute Gasteiger partial charge is 0.263 e. The maximum absolute atomic E-state index is 12.9. The number of amides is 1. The minimum Gasteiger partial charge on any atom is -0.352 e. The number of nitrogens with one attached hydrogen (secondary N) is 1. The fourth-order valence-corrected chi connectivity index (χ4v) is 2.87. The van der Waals surface area contributed by atoms with Crippen LogP contribution in [0, 0.1) is 0 Å². The first-order valence-electron chi connectivity index (χ1n) is 8.23. The van der Waals surface area contributed by atoms with E-state index in [1.807, 2.05) is 22.9 Å². The zero-order valence-corrected chi connectivity index (χ0v) is 13.5. The predicted octanol–water partition coefficient (Wildman–Crippen LogP) is 3.92. The molecule has 0 bridgehead atoms. The average Bonchev–Trinajstić information content (AvgIpc) is 3.34. The van der Waals surface area contributed by atoms with Crippen molar-refractivity contribution in [3.05, 3.63) is 54.4 Å². The molecule has 3 aromatic rings. The highest BCUT2D eigenvalue weighted by Gasteiger charge is 2.23. The van der Waals surface area contributed by atoms with Gasteiger partial charge in [0, 0.05) is 29.6 Å². The number of hydrogen-bond donors (Lipinski definition) is 1. The molecule has 0 atom stereocenters. The van der Waals surface area contributed by atoms with Crippen LogP contribution < -0.4 is 5.32 Å². The molecule has 1 fully saturated rings. The Morgan fingerprint density at radius 2 is 2.08 bits per heavy atom. The molecule has 1 saturated carbocycles. The van der Waals surface area contributed by atoms with E-state index in [1.165, 1.54) is 12.1 Å². The fourth-order valence-electron chi connectivity index (χ4n) is 2.87. The molecule has 1 N–H and O–H groups in total. The van der Waals surface area contributed by atoms with Crippen molar-refractivity contribution in [1.82, 2.24) is 14.9 Å². The van der Waals surface area contributed by atoms with Gasteiger partial charge in [-0.2, -0.15) is 0 Å². The van der Waals surface area contributed by atoms with Crippen LogP contribution >= 0.6 is 0 Å². The highest BCUT2D eigenvalue weighted by atomic mass is 19.3. The van der Waals surface area contributed by atoms with Crippen molar-refractivity contribution in [3.8, 4) is 11.1 Å². The molecule has 0 aliphatic heterocycles. The molecule has 128 valence electrons. The second-order valence-electron chi connectivity index (χ2n) is 6.34. The van der Waals surface area contributed by atoms with Crippen molar-refractivity contribution in [2.24, 2.45) is 0 Å². The molecule has 1 aliphatic rings. The summed E-state index contributed by atoms with van der Waals surface area (Å²) in [6, 6.07) is 10.3. The maximum atomic E-state index is 12.9. The van der Waals surface area contributed by atoms with Crippen molar-refractivity contribution < 1.29 is 13.6 Å². The van der Waals surface area contributed by atoms with Gasteiger partial charge in [0.15, 0.2) is 0 Å².